The molecule has 2 aromatic rings. The summed E-state index contributed by atoms with van der Waals surface area (Å²) in [5.41, 5.74) is 1.26. The number of likely N-dealkylation sites (tertiary alicyclic amines) is 1. The molecule has 0 aliphatic carbocycles. The number of halogens is 2. The largest absolute Gasteiger partial charge is 0.359 e. The maximum Gasteiger partial charge on any atom is 0.255 e. The van der Waals surface area contributed by atoms with E-state index >= 15 is 0 Å². The summed E-state index contributed by atoms with van der Waals surface area (Å²) in [7, 11) is 0. The van der Waals surface area contributed by atoms with Crippen LogP contribution in [0.1, 0.15) is 40.7 Å². The van der Waals surface area contributed by atoms with Crippen molar-refractivity contribution in [2.45, 2.75) is 25.8 Å². The summed E-state index contributed by atoms with van der Waals surface area (Å²) in [6.45, 7) is 2.51. The summed E-state index contributed by atoms with van der Waals surface area (Å²) in [6, 6.07) is 5.85. The molecule has 1 aromatic carbocycles. The highest BCUT2D eigenvalue weighted by atomic mass is 79.9. The molecular weight excluding hydrogens is 339 g/mol. The number of carbonyl (C=O) groups excluding carboxylic acids is 1. The number of carbonyl (C=O) groups is 1. The first-order valence-corrected chi connectivity index (χ1v) is 7.55. The van der Waals surface area contributed by atoms with E-state index in [9.17, 15) is 9.18 Å². The van der Waals surface area contributed by atoms with E-state index in [-0.39, 0.29) is 17.8 Å². The highest BCUT2D eigenvalue weighted by Gasteiger charge is 2.33. The van der Waals surface area contributed by atoms with Gasteiger partial charge in [0.2, 0.25) is 0 Å². The molecule has 0 radical (unpaired) electrons. The lowest BCUT2D eigenvalue weighted by Crippen LogP contribution is -2.30. The fourth-order valence-electron chi connectivity index (χ4n) is 2.66. The van der Waals surface area contributed by atoms with Crippen molar-refractivity contribution in [1.82, 2.24) is 10.1 Å². The van der Waals surface area contributed by atoms with E-state index in [1.165, 1.54) is 18.2 Å². The number of hydrogen-bond donors (Lipinski definition) is 0. The summed E-state index contributed by atoms with van der Waals surface area (Å²) >= 11 is 3.25. The maximum absolute atomic E-state index is 13.2. The lowest BCUT2D eigenvalue weighted by Gasteiger charge is -2.23. The van der Waals surface area contributed by atoms with Crippen LogP contribution >= 0.6 is 15.9 Å². The van der Waals surface area contributed by atoms with Crippen LogP contribution in [-0.2, 0) is 0 Å². The number of hydrogen-bond acceptors (Lipinski definition) is 3. The van der Waals surface area contributed by atoms with Crippen LogP contribution in [0.2, 0.25) is 0 Å². The molecule has 1 unspecified atom stereocenters. The fraction of sp³-hybridized carbons (Fsp3) is 0.333. The van der Waals surface area contributed by atoms with Gasteiger partial charge in [0.1, 0.15) is 5.82 Å². The van der Waals surface area contributed by atoms with Crippen molar-refractivity contribution in [3.05, 3.63) is 51.6 Å². The minimum Gasteiger partial charge on any atom is -0.359 e. The van der Waals surface area contributed by atoms with Crippen molar-refractivity contribution < 1.29 is 13.7 Å². The molecule has 2 heterocycles. The van der Waals surface area contributed by atoms with Gasteiger partial charge in [-0.2, -0.15) is 0 Å². The Hall–Kier alpha value is -1.69. The van der Waals surface area contributed by atoms with Gasteiger partial charge in [-0.15, -0.1) is 0 Å². The molecule has 1 atom stereocenters. The summed E-state index contributed by atoms with van der Waals surface area (Å²) < 4.78 is 18.9. The Morgan fingerprint density at radius 3 is 2.95 bits per heavy atom. The number of benzene rings is 1. The average Bonchev–Trinajstić information content (AvgIpc) is 3.06. The molecule has 6 heteroatoms. The molecule has 1 aliphatic rings. The molecule has 21 heavy (non-hydrogen) atoms. The standard InChI is InChI=1S/C15H14BrFN2O2/c1-9-7-14(21-18-9)13-3-2-6-19(13)15(20)11-5-4-10(17)8-12(11)16/h4-5,7-8,13H,2-3,6H2,1H3. The van der Waals surface area contributed by atoms with Gasteiger partial charge in [0.25, 0.3) is 5.91 Å². The Morgan fingerprint density at radius 1 is 1.48 bits per heavy atom. The van der Waals surface area contributed by atoms with Crippen LogP contribution in [0.4, 0.5) is 4.39 Å². The lowest BCUT2D eigenvalue weighted by atomic mass is 10.1. The molecule has 1 fully saturated rings. The van der Waals surface area contributed by atoms with Crippen LogP contribution in [-0.4, -0.2) is 22.5 Å². The Kier molecular flexibility index (Phi) is 3.80. The molecule has 1 amide bonds. The van der Waals surface area contributed by atoms with Gasteiger partial charge in [-0.3, -0.25) is 4.79 Å². The minimum atomic E-state index is -0.373. The summed E-state index contributed by atoms with van der Waals surface area (Å²) in [4.78, 5) is 14.4. The molecule has 1 aliphatic heterocycles. The summed E-state index contributed by atoms with van der Waals surface area (Å²) in [5, 5.41) is 3.89. The summed E-state index contributed by atoms with van der Waals surface area (Å²) in [5.74, 6) is 0.206. The fourth-order valence-corrected chi connectivity index (χ4v) is 3.18. The van der Waals surface area contributed by atoms with Crippen LogP contribution in [0, 0.1) is 12.7 Å². The molecule has 1 aromatic heterocycles. The number of aryl methyl sites for hydroxylation is 1. The number of amides is 1. The first-order valence-electron chi connectivity index (χ1n) is 6.75. The van der Waals surface area contributed by atoms with E-state index in [0.717, 1.165) is 18.5 Å². The predicted molar refractivity (Wildman–Crippen MR) is 78.4 cm³/mol. The van der Waals surface area contributed by atoms with E-state index in [1.54, 1.807) is 4.90 Å². The third-order valence-corrected chi connectivity index (χ3v) is 4.31. The highest BCUT2D eigenvalue weighted by molar-refractivity contribution is 9.10. The molecule has 3 rings (SSSR count). The second-order valence-electron chi connectivity index (χ2n) is 5.15. The van der Waals surface area contributed by atoms with Crippen molar-refractivity contribution in [3.8, 4) is 0 Å². The third kappa shape index (κ3) is 2.72. The van der Waals surface area contributed by atoms with Crippen LogP contribution in [0.3, 0.4) is 0 Å². The zero-order valence-electron chi connectivity index (χ0n) is 11.5. The van der Waals surface area contributed by atoms with E-state index in [4.69, 9.17) is 4.52 Å². The van der Waals surface area contributed by atoms with Gasteiger partial charge in [0.15, 0.2) is 5.76 Å². The molecule has 0 saturated carbocycles. The molecule has 4 nitrogen and oxygen atoms in total. The Labute approximate surface area is 130 Å². The van der Waals surface area contributed by atoms with Crippen LogP contribution in [0.25, 0.3) is 0 Å². The van der Waals surface area contributed by atoms with Crippen LogP contribution in [0.15, 0.2) is 33.3 Å². The van der Waals surface area contributed by atoms with E-state index in [1.807, 2.05) is 13.0 Å². The topological polar surface area (TPSA) is 46.3 Å². The second-order valence-corrected chi connectivity index (χ2v) is 6.01. The van der Waals surface area contributed by atoms with Crippen molar-refractivity contribution in [3.63, 3.8) is 0 Å². The van der Waals surface area contributed by atoms with E-state index in [0.29, 0.717) is 22.3 Å². The monoisotopic (exact) mass is 352 g/mol. The van der Waals surface area contributed by atoms with Crippen molar-refractivity contribution in [1.29, 1.82) is 0 Å². The van der Waals surface area contributed by atoms with Gasteiger partial charge >= 0.3 is 0 Å². The number of nitrogens with zero attached hydrogens (tertiary/aromatic N) is 2. The molecule has 0 spiro atoms. The second kappa shape index (κ2) is 5.60. The van der Waals surface area contributed by atoms with Crippen molar-refractivity contribution in [2.24, 2.45) is 0 Å². The first kappa shape index (κ1) is 14.3. The van der Waals surface area contributed by atoms with Gasteiger partial charge in [0, 0.05) is 17.1 Å². The SMILES string of the molecule is Cc1cc(C2CCCN2C(=O)c2ccc(F)cc2Br)on1. The van der Waals surface area contributed by atoms with Gasteiger partial charge in [0.05, 0.1) is 17.3 Å². The predicted octanol–water partition coefficient (Wildman–Crippen LogP) is 3.86. The van der Waals surface area contributed by atoms with Crippen LogP contribution < -0.4 is 0 Å². The third-order valence-electron chi connectivity index (χ3n) is 3.65. The Balaban J connectivity index is 1.89. The normalized spacial score (nSPS) is 18.2. The quantitative estimate of drug-likeness (QED) is 0.824. The van der Waals surface area contributed by atoms with Crippen molar-refractivity contribution >= 4 is 21.8 Å². The van der Waals surface area contributed by atoms with Gasteiger partial charge in [-0.05, 0) is 53.9 Å². The minimum absolute atomic E-state index is 0.101. The first-order chi connectivity index (χ1) is 10.1. The molecule has 1 saturated heterocycles. The lowest BCUT2D eigenvalue weighted by molar-refractivity contribution is 0.0713. The molecule has 110 valence electrons. The molecule has 0 bridgehead atoms. The molecular formula is C15H14BrFN2O2. The highest BCUT2D eigenvalue weighted by Crippen LogP contribution is 2.34. The zero-order valence-corrected chi connectivity index (χ0v) is 13.1. The van der Waals surface area contributed by atoms with Gasteiger partial charge in [-0.1, -0.05) is 5.16 Å². The maximum atomic E-state index is 13.2. The Bertz CT molecular complexity index is 686. The van der Waals surface area contributed by atoms with Gasteiger partial charge in [-0.25, -0.2) is 4.39 Å². The number of rotatable bonds is 2. The van der Waals surface area contributed by atoms with Crippen molar-refractivity contribution in [2.75, 3.05) is 6.54 Å². The summed E-state index contributed by atoms with van der Waals surface area (Å²) in [6.07, 6.45) is 1.76. The van der Waals surface area contributed by atoms with E-state index < -0.39 is 0 Å². The molecule has 0 N–H and O–H groups in total. The van der Waals surface area contributed by atoms with E-state index in [2.05, 4.69) is 21.1 Å². The van der Waals surface area contributed by atoms with Crippen LogP contribution in [0.5, 0.6) is 0 Å². The average molecular weight is 353 g/mol. The zero-order chi connectivity index (χ0) is 15.0. The Morgan fingerprint density at radius 2 is 2.29 bits per heavy atom. The van der Waals surface area contributed by atoms with Gasteiger partial charge < -0.3 is 9.42 Å². The number of aromatic nitrogens is 1. The smallest absolute Gasteiger partial charge is 0.255 e.